The van der Waals surface area contributed by atoms with Gasteiger partial charge in [-0.3, -0.25) is 9.88 Å². The van der Waals surface area contributed by atoms with Crippen LogP contribution in [0.25, 0.3) is 11.3 Å². The molecule has 3 heterocycles. The first-order chi connectivity index (χ1) is 13.7. The highest BCUT2D eigenvalue weighted by Gasteiger charge is 2.24. The van der Waals surface area contributed by atoms with E-state index in [2.05, 4.69) is 32.0 Å². The summed E-state index contributed by atoms with van der Waals surface area (Å²) in [5.74, 6) is 0.498. The van der Waals surface area contributed by atoms with Crippen molar-refractivity contribution < 1.29 is 9.84 Å². The average molecular weight is 376 g/mol. The first kappa shape index (κ1) is 18.5. The topological polar surface area (TPSA) is 71.4 Å². The second-order valence-corrected chi connectivity index (χ2v) is 7.13. The maximum absolute atomic E-state index is 9.21. The number of rotatable bonds is 6. The summed E-state index contributed by atoms with van der Waals surface area (Å²) in [5, 5.41) is 9.21. The van der Waals surface area contributed by atoms with E-state index in [4.69, 9.17) is 4.74 Å². The smallest absolute Gasteiger partial charge is 0.316 e. The Bertz CT molecular complexity index is 913. The molecule has 3 aromatic rings. The minimum absolute atomic E-state index is 0.0604. The first-order valence-electron chi connectivity index (χ1n) is 9.48. The zero-order chi connectivity index (χ0) is 19.3. The highest BCUT2D eigenvalue weighted by atomic mass is 16.5. The molecule has 0 unspecified atom stereocenters. The Morgan fingerprint density at radius 1 is 1.07 bits per heavy atom. The van der Waals surface area contributed by atoms with Gasteiger partial charge in [-0.25, -0.2) is 9.97 Å². The lowest BCUT2D eigenvalue weighted by Gasteiger charge is -2.16. The second kappa shape index (κ2) is 8.46. The van der Waals surface area contributed by atoms with Crippen LogP contribution in [0, 0.1) is 0 Å². The van der Waals surface area contributed by atoms with Crippen LogP contribution in [-0.2, 0) is 13.2 Å². The Kier molecular flexibility index (Phi) is 5.60. The fourth-order valence-electron chi connectivity index (χ4n) is 3.68. The summed E-state index contributed by atoms with van der Waals surface area (Å²) in [6, 6.07) is 12.6. The maximum Gasteiger partial charge on any atom is 0.316 e. The molecule has 28 heavy (non-hydrogen) atoms. The molecule has 0 spiro atoms. The SMILES string of the molecule is COc1ncc(CN2CC[C@H](c3ccnc(-c4ccc(CO)cc4)c3)C2)cn1. The molecular formula is C22H24N4O2. The second-order valence-electron chi connectivity index (χ2n) is 7.13. The number of hydrogen-bond donors (Lipinski definition) is 1. The molecule has 0 amide bonds. The van der Waals surface area contributed by atoms with Crippen molar-refractivity contribution in [2.75, 3.05) is 20.2 Å². The molecule has 1 aromatic carbocycles. The van der Waals surface area contributed by atoms with E-state index in [0.717, 1.165) is 48.4 Å². The Hall–Kier alpha value is -2.83. The third-order valence-electron chi connectivity index (χ3n) is 5.23. The minimum atomic E-state index is 0.0604. The Morgan fingerprint density at radius 3 is 2.57 bits per heavy atom. The van der Waals surface area contributed by atoms with Gasteiger partial charge in [-0.05, 0) is 42.1 Å². The van der Waals surface area contributed by atoms with Gasteiger partial charge < -0.3 is 9.84 Å². The van der Waals surface area contributed by atoms with Gasteiger partial charge in [0.1, 0.15) is 0 Å². The fraction of sp³-hybridized carbons (Fsp3) is 0.318. The van der Waals surface area contributed by atoms with E-state index in [-0.39, 0.29) is 6.61 Å². The van der Waals surface area contributed by atoms with Gasteiger partial charge in [0.25, 0.3) is 0 Å². The van der Waals surface area contributed by atoms with Gasteiger partial charge in [0.05, 0.1) is 19.4 Å². The van der Waals surface area contributed by atoms with E-state index < -0.39 is 0 Å². The lowest BCUT2D eigenvalue weighted by atomic mass is 9.97. The van der Waals surface area contributed by atoms with Crippen molar-refractivity contribution in [3.63, 3.8) is 0 Å². The van der Waals surface area contributed by atoms with Gasteiger partial charge in [-0.15, -0.1) is 0 Å². The molecular weight excluding hydrogens is 352 g/mol. The lowest BCUT2D eigenvalue weighted by molar-refractivity contribution is 0.282. The first-order valence-corrected chi connectivity index (χ1v) is 9.48. The molecule has 0 radical (unpaired) electrons. The van der Waals surface area contributed by atoms with Gasteiger partial charge in [0.15, 0.2) is 0 Å². The number of aromatic nitrogens is 3. The minimum Gasteiger partial charge on any atom is -0.467 e. The number of nitrogens with zero attached hydrogens (tertiary/aromatic N) is 4. The predicted molar refractivity (Wildman–Crippen MR) is 107 cm³/mol. The summed E-state index contributed by atoms with van der Waals surface area (Å²) in [6.45, 7) is 2.98. The Morgan fingerprint density at radius 2 is 1.86 bits per heavy atom. The molecule has 2 aromatic heterocycles. The van der Waals surface area contributed by atoms with E-state index in [1.807, 2.05) is 42.9 Å². The molecule has 1 atom stereocenters. The molecule has 1 aliphatic heterocycles. The number of aliphatic hydroxyl groups excluding tert-OH is 1. The summed E-state index contributed by atoms with van der Waals surface area (Å²) in [4.78, 5) is 15.4. The molecule has 0 bridgehead atoms. The summed E-state index contributed by atoms with van der Waals surface area (Å²) < 4.78 is 5.02. The zero-order valence-corrected chi connectivity index (χ0v) is 16.0. The van der Waals surface area contributed by atoms with Gasteiger partial charge in [0, 0.05) is 42.8 Å². The van der Waals surface area contributed by atoms with Crippen molar-refractivity contribution in [2.24, 2.45) is 0 Å². The van der Waals surface area contributed by atoms with E-state index in [9.17, 15) is 5.11 Å². The van der Waals surface area contributed by atoms with E-state index in [0.29, 0.717) is 11.9 Å². The number of pyridine rings is 1. The number of likely N-dealkylation sites (tertiary alicyclic amines) is 1. The third-order valence-corrected chi connectivity index (χ3v) is 5.23. The summed E-state index contributed by atoms with van der Waals surface area (Å²) in [6.07, 6.45) is 6.69. The lowest BCUT2D eigenvalue weighted by Crippen LogP contribution is -2.20. The largest absolute Gasteiger partial charge is 0.467 e. The molecule has 1 N–H and O–H groups in total. The van der Waals surface area contributed by atoms with Crippen molar-refractivity contribution in [3.05, 3.63) is 71.7 Å². The number of aliphatic hydroxyl groups is 1. The van der Waals surface area contributed by atoms with Crippen LogP contribution in [0.15, 0.2) is 55.0 Å². The summed E-state index contributed by atoms with van der Waals surface area (Å²) in [5.41, 5.74) is 5.38. The normalized spacial score (nSPS) is 17.0. The number of ether oxygens (including phenoxy) is 1. The Balaban J connectivity index is 1.43. The zero-order valence-electron chi connectivity index (χ0n) is 16.0. The molecule has 1 aliphatic rings. The monoisotopic (exact) mass is 376 g/mol. The van der Waals surface area contributed by atoms with Crippen molar-refractivity contribution >= 4 is 0 Å². The van der Waals surface area contributed by atoms with Crippen molar-refractivity contribution in [1.29, 1.82) is 0 Å². The molecule has 6 heteroatoms. The summed E-state index contributed by atoms with van der Waals surface area (Å²) >= 11 is 0. The fourth-order valence-corrected chi connectivity index (χ4v) is 3.68. The van der Waals surface area contributed by atoms with Crippen LogP contribution in [0.1, 0.15) is 29.0 Å². The van der Waals surface area contributed by atoms with Crippen molar-refractivity contribution in [2.45, 2.75) is 25.5 Å². The van der Waals surface area contributed by atoms with Crippen molar-refractivity contribution in [1.82, 2.24) is 19.9 Å². The van der Waals surface area contributed by atoms with Crippen molar-refractivity contribution in [3.8, 4) is 17.3 Å². The average Bonchev–Trinajstić information content (AvgIpc) is 3.23. The van der Waals surface area contributed by atoms with Gasteiger partial charge in [-0.2, -0.15) is 0 Å². The van der Waals surface area contributed by atoms with Crippen LogP contribution in [-0.4, -0.2) is 45.2 Å². The van der Waals surface area contributed by atoms with Crippen LogP contribution in [0.2, 0.25) is 0 Å². The highest BCUT2D eigenvalue weighted by molar-refractivity contribution is 5.60. The number of benzene rings is 1. The van der Waals surface area contributed by atoms with E-state index in [1.165, 1.54) is 5.56 Å². The molecule has 1 fully saturated rings. The molecule has 1 saturated heterocycles. The molecule has 6 nitrogen and oxygen atoms in total. The summed E-state index contributed by atoms with van der Waals surface area (Å²) in [7, 11) is 1.57. The molecule has 0 saturated carbocycles. The van der Waals surface area contributed by atoms with Crippen LogP contribution >= 0.6 is 0 Å². The van der Waals surface area contributed by atoms with Crippen LogP contribution in [0.3, 0.4) is 0 Å². The molecule has 144 valence electrons. The van der Waals surface area contributed by atoms with Crippen LogP contribution < -0.4 is 4.74 Å². The Labute approximate surface area is 164 Å². The highest BCUT2D eigenvalue weighted by Crippen LogP contribution is 2.30. The number of methoxy groups -OCH3 is 1. The standard InChI is InChI=1S/C22H24N4O2/c1-28-22-24-11-17(12-25-22)13-26-9-7-20(14-26)19-6-8-23-21(10-19)18-4-2-16(15-27)3-5-18/h2-6,8,10-12,20,27H,7,9,13-15H2,1H3/t20-/m0/s1. The number of hydrogen-bond acceptors (Lipinski definition) is 6. The van der Waals surface area contributed by atoms with Gasteiger partial charge in [-0.1, -0.05) is 24.3 Å². The quantitative estimate of drug-likeness (QED) is 0.713. The van der Waals surface area contributed by atoms with Crippen LogP contribution in [0.4, 0.5) is 0 Å². The molecule has 4 rings (SSSR count). The van der Waals surface area contributed by atoms with Gasteiger partial charge in [0.2, 0.25) is 0 Å². The third kappa shape index (κ3) is 4.18. The van der Waals surface area contributed by atoms with E-state index >= 15 is 0 Å². The molecule has 0 aliphatic carbocycles. The van der Waals surface area contributed by atoms with Gasteiger partial charge >= 0.3 is 6.01 Å². The maximum atomic E-state index is 9.21. The predicted octanol–water partition coefficient (Wildman–Crippen LogP) is 3.03. The van der Waals surface area contributed by atoms with E-state index in [1.54, 1.807) is 7.11 Å². The van der Waals surface area contributed by atoms with Crippen LogP contribution in [0.5, 0.6) is 6.01 Å².